The Balaban J connectivity index is 0. The van der Waals surface area contributed by atoms with Crippen LogP contribution in [0.1, 0.15) is 84.0 Å². The van der Waals surface area contributed by atoms with Crippen LogP contribution in [0.15, 0.2) is 0 Å². The maximum atomic E-state index is 10.3. The normalized spacial score (nSPS) is 9.94. The first-order valence-electron chi connectivity index (χ1n) is 6.99. The van der Waals surface area contributed by atoms with Crippen LogP contribution in [0.5, 0.6) is 0 Å². The average Bonchev–Trinajstić information content (AvgIpc) is 2.25. The summed E-state index contributed by atoms with van der Waals surface area (Å²) in [7, 11) is 0. The molecule has 0 bridgehead atoms. The van der Waals surface area contributed by atoms with E-state index in [0.717, 1.165) is 12.8 Å². The number of hydrogen-bond acceptors (Lipinski definition) is 1. The molecule has 0 rings (SSSR count). The summed E-state index contributed by atoms with van der Waals surface area (Å²) in [5.41, 5.74) is 0. The van der Waals surface area contributed by atoms with Crippen molar-refractivity contribution in [3.63, 3.8) is 0 Å². The highest BCUT2D eigenvalue weighted by Crippen LogP contribution is 2.11. The van der Waals surface area contributed by atoms with Gasteiger partial charge in [-0.3, -0.25) is 4.79 Å². The SMILES string of the molecule is CCCCCCCCCCCCCC(=O)O.I. The molecule has 0 heterocycles. The van der Waals surface area contributed by atoms with Gasteiger partial charge in [0.15, 0.2) is 0 Å². The van der Waals surface area contributed by atoms with Crippen molar-refractivity contribution in [1.29, 1.82) is 0 Å². The Morgan fingerprint density at radius 1 is 0.765 bits per heavy atom. The van der Waals surface area contributed by atoms with Gasteiger partial charge in [0.2, 0.25) is 0 Å². The molecule has 0 aromatic heterocycles. The molecular formula is C14H29IO2. The van der Waals surface area contributed by atoms with E-state index < -0.39 is 5.97 Å². The van der Waals surface area contributed by atoms with Crippen molar-refractivity contribution in [3.05, 3.63) is 0 Å². The average molecular weight is 356 g/mol. The fourth-order valence-corrected chi connectivity index (χ4v) is 1.94. The standard InChI is InChI=1S/C14H28O2.HI/c1-2-3-4-5-6-7-8-9-10-11-12-13-14(15)16;/h2-13H2,1H3,(H,15,16);1H. The zero-order valence-corrected chi connectivity index (χ0v) is 13.6. The van der Waals surface area contributed by atoms with E-state index in [2.05, 4.69) is 6.92 Å². The number of carboxylic acid groups (broad SMARTS) is 1. The lowest BCUT2D eigenvalue weighted by atomic mass is 10.1. The van der Waals surface area contributed by atoms with Gasteiger partial charge in [0.05, 0.1) is 0 Å². The largest absolute Gasteiger partial charge is 0.481 e. The number of aliphatic carboxylic acids is 1. The third-order valence-corrected chi connectivity index (χ3v) is 2.99. The molecule has 17 heavy (non-hydrogen) atoms. The number of carbonyl (C=O) groups is 1. The molecule has 104 valence electrons. The van der Waals surface area contributed by atoms with Crippen molar-refractivity contribution in [2.45, 2.75) is 84.0 Å². The molecule has 0 aromatic carbocycles. The van der Waals surface area contributed by atoms with Gasteiger partial charge in [-0.25, -0.2) is 0 Å². The van der Waals surface area contributed by atoms with E-state index >= 15 is 0 Å². The molecule has 0 spiro atoms. The summed E-state index contributed by atoms with van der Waals surface area (Å²) in [6.07, 6.45) is 14.4. The maximum absolute atomic E-state index is 10.3. The Kier molecular flexibility index (Phi) is 18.6. The molecule has 0 aliphatic rings. The van der Waals surface area contributed by atoms with Gasteiger partial charge < -0.3 is 5.11 Å². The van der Waals surface area contributed by atoms with Gasteiger partial charge in [0.1, 0.15) is 0 Å². The van der Waals surface area contributed by atoms with Gasteiger partial charge in [-0.1, -0.05) is 71.1 Å². The Hall–Kier alpha value is 0.200. The van der Waals surface area contributed by atoms with Crippen LogP contribution in [-0.2, 0) is 4.79 Å². The van der Waals surface area contributed by atoms with E-state index in [-0.39, 0.29) is 24.0 Å². The van der Waals surface area contributed by atoms with Crippen LogP contribution in [0.25, 0.3) is 0 Å². The molecule has 0 saturated carbocycles. The summed E-state index contributed by atoms with van der Waals surface area (Å²) < 4.78 is 0. The number of rotatable bonds is 12. The first-order valence-corrected chi connectivity index (χ1v) is 6.99. The minimum Gasteiger partial charge on any atom is -0.481 e. The number of carboxylic acids is 1. The van der Waals surface area contributed by atoms with E-state index in [1.54, 1.807) is 0 Å². The highest BCUT2D eigenvalue weighted by molar-refractivity contribution is 14.0. The Morgan fingerprint density at radius 2 is 1.12 bits per heavy atom. The Morgan fingerprint density at radius 3 is 1.47 bits per heavy atom. The third-order valence-electron chi connectivity index (χ3n) is 2.99. The van der Waals surface area contributed by atoms with Crippen molar-refractivity contribution in [2.24, 2.45) is 0 Å². The smallest absolute Gasteiger partial charge is 0.303 e. The fourth-order valence-electron chi connectivity index (χ4n) is 1.94. The summed E-state index contributed by atoms with van der Waals surface area (Å²) in [5.74, 6) is -0.657. The Labute approximate surface area is 124 Å². The molecule has 0 unspecified atom stereocenters. The fraction of sp³-hybridized carbons (Fsp3) is 0.929. The van der Waals surface area contributed by atoms with Gasteiger partial charge >= 0.3 is 5.97 Å². The summed E-state index contributed by atoms with van der Waals surface area (Å²) >= 11 is 0. The van der Waals surface area contributed by atoms with Crippen molar-refractivity contribution < 1.29 is 9.90 Å². The van der Waals surface area contributed by atoms with Gasteiger partial charge in [-0.2, -0.15) is 0 Å². The second kappa shape index (κ2) is 16.2. The molecule has 1 N–H and O–H groups in total. The lowest BCUT2D eigenvalue weighted by Gasteiger charge is -2.01. The minimum atomic E-state index is -0.657. The predicted molar refractivity (Wildman–Crippen MR) is 84.1 cm³/mol. The molecule has 0 aromatic rings. The van der Waals surface area contributed by atoms with Gasteiger partial charge in [0.25, 0.3) is 0 Å². The molecule has 0 amide bonds. The van der Waals surface area contributed by atoms with Crippen LogP contribution >= 0.6 is 24.0 Å². The number of halogens is 1. The maximum Gasteiger partial charge on any atom is 0.303 e. The topological polar surface area (TPSA) is 37.3 Å². The van der Waals surface area contributed by atoms with E-state index in [0.29, 0.717) is 6.42 Å². The van der Waals surface area contributed by atoms with Crippen LogP contribution in [0, 0.1) is 0 Å². The van der Waals surface area contributed by atoms with Crippen LogP contribution in [0.2, 0.25) is 0 Å². The first kappa shape index (κ1) is 19.5. The monoisotopic (exact) mass is 356 g/mol. The zero-order chi connectivity index (χ0) is 12.1. The minimum absolute atomic E-state index is 0. The van der Waals surface area contributed by atoms with Crippen molar-refractivity contribution in [3.8, 4) is 0 Å². The summed E-state index contributed by atoms with van der Waals surface area (Å²) in [4.78, 5) is 10.3. The molecule has 0 atom stereocenters. The van der Waals surface area contributed by atoms with E-state index in [1.807, 2.05) is 0 Å². The molecule has 0 aliphatic carbocycles. The Bertz CT molecular complexity index is 160. The lowest BCUT2D eigenvalue weighted by molar-refractivity contribution is -0.137. The van der Waals surface area contributed by atoms with Crippen molar-refractivity contribution >= 4 is 29.9 Å². The third kappa shape index (κ3) is 18.7. The highest BCUT2D eigenvalue weighted by atomic mass is 127. The van der Waals surface area contributed by atoms with Crippen LogP contribution < -0.4 is 0 Å². The van der Waals surface area contributed by atoms with Crippen molar-refractivity contribution in [1.82, 2.24) is 0 Å². The van der Waals surface area contributed by atoms with E-state index in [1.165, 1.54) is 57.8 Å². The second-order valence-corrected chi connectivity index (χ2v) is 4.68. The predicted octanol–water partition coefficient (Wildman–Crippen LogP) is 5.39. The summed E-state index contributed by atoms with van der Waals surface area (Å²) in [6.45, 7) is 2.25. The molecule has 0 radical (unpaired) electrons. The van der Waals surface area contributed by atoms with Crippen molar-refractivity contribution in [2.75, 3.05) is 0 Å². The first-order chi connectivity index (χ1) is 7.77. The van der Waals surface area contributed by atoms with Crippen LogP contribution in [-0.4, -0.2) is 11.1 Å². The van der Waals surface area contributed by atoms with Crippen LogP contribution in [0.3, 0.4) is 0 Å². The van der Waals surface area contributed by atoms with Gasteiger partial charge in [-0.15, -0.1) is 24.0 Å². The lowest BCUT2D eigenvalue weighted by Crippen LogP contribution is -1.93. The van der Waals surface area contributed by atoms with Gasteiger partial charge in [-0.05, 0) is 6.42 Å². The summed E-state index contributed by atoms with van der Waals surface area (Å²) in [5, 5.41) is 8.46. The molecular weight excluding hydrogens is 327 g/mol. The number of hydrogen-bond donors (Lipinski definition) is 1. The summed E-state index contributed by atoms with van der Waals surface area (Å²) in [6, 6.07) is 0. The van der Waals surface area contributed by atoms with Crippen LogP contribution in [0.4, 0.5) is 0 Å². The quantitative estimate of drug-likeness (QED) is 0.376. The number of unbranched alkanes of at least 4 members (excludes halogenated alkanes) is 10. The molecule has 0 fully saturated rings. The van der Waals surface area contributed by atoms with E-state index in [4.69, 9.17) is 5.11 Å². The second-order valence-electron chi connectivity index (χ2n) is 4.68. The zero-order valence-electron chi connectivity index (χ0n) is 11.2. The van der Waals surface area contributed by atoms with Gasteiger partial charge in [0, 0.05) is 6.42 Å². The highest BCUT2D eigenvalue weighted by Gasteiger charge is 1.96. The van der Waals surface area contributed by atoms with E-state index in [9.17, 15) is 4.79 Å². The molecule has 0 saturated heterocycles. The molecule has 2 nitrogen and oxygen atoms in total. The molecule has 0 aliphatic heterocycles. The molecule has 3 heteroatoms.